The number of benzene rings is 2. The predicted molar refractivity (Wildman–Crippen MR) is 116 cm³/mol. The Balaban J connectivity index is 1.86. The number of hydrazine groups is 1. The highest BCUT2D eigenvalue weighted by atomic mass is 32.2. The fourth-order valence-electron chi connectivity index (χ4n) is 4.59. The molecule has 2 aromatic rings. The van der Waals surface area contributed by atoms with E-state index in [1.54, 1.807) is 42.5 Å². The molecular formula is C22H23N3O5S. The lowest BCUT2D eigenvalue weighted by Gasteiger charge is -2.26. The van der Waals surface area contributed by atoms with E-state index < -0.39 is 38.4 Å². The molecule has 2 aromatic carbocycles. The number of rotatable bonds is 5. The number of nitrogens with zero attached hydrogens (tertiary/aromatic N) is 2. The van der Waals surface area contributed by atoms with Crippen molar-refractivity contribution in [3.8, 4) is 0 Å². The smallest absolute Gasteiger partial charge is 0.249 e. The lowest BCUT2D eigenvalue weighted by Crippen LogP contribution is -2.36. The van der Waals surface area contributed by atoms with Crippen LogP contribution >= 0.6 is 0 Å². The zero-order valence-electron chi connectivity index (χ0n) is 17.1. The van der Waals surface area contributed by atoms with Crippen LogP contribution in [0.2, 0.25) is 0 Å². The van der Waals surface area contributed by atoms with Gasteiger partial charge in [0.05, 0.1) is 16.5 Å². The summed E-state index contributed by atoms with van der Waals surface area (Å²) in [6, 6.07) is 16.3. The number of hydrogen-bond donors (Lipinski definition) is 1. The Morgan fingerprint density at radius 3 is 2.23 bits per heavy atom. The van der Waals surface area contributed by atoms with E-state index in [1.807, 2.05) is 25.1 Å². The molecule has 2 heterocycles. The molecule has 1 amide bonds. The first kappa shape index (κ1) is 21.2. The third-order valence-electron chi connectivity index (χ3n) is 6.05. The largest absolute Gasteiger partial charge is 0.273 e. The highest BCUT2D eigenvalue weighted by molar-refractivity contribution is 7.95. The van der Waals surface area contributed by atoms with Gasteiger partial charge in [-0.1, -0.05) is 48.5 Å². The number of anilines is 1. The van der Waals surface area contributed by atoms with Crippen molar-refractivity contribution in [2.24, 2.45) is 5.92 Å². The molecule has 0 unspecified atom stereocenters. The number of nitrogens with one attached hydrogen (secondary N) is 1. The van der Waals surface area contributed by atoms with Crippen LogP contribution < -0.4 is 10.4 Å². The van der Waals surface area contributed by atoms with E-state index in [1.165, 1.54) is 11.9 Å². The minimum Gasteiger partial charge on any atom is -0.273 e. The van der Waals surface area contributed by atoms with Crippen molar-refractivity contribution in [1.29, 1.82) is 0 Å². The van der Waals surface area contributed by atoms with Gasteiger partial charge < -0.3 is 0 Å². The molecular weight excluding hydrogens is 418 g/mol. The summed E-state index contributed by atoms with van der Waals surface area (Å²) in [5.41, 5.74) is 4.65. The molecule has 1 N–H and O–H groups in total. The van der Waals surface area contributed by atoms with E-state index in [2.05, 4.69) is 5.43 Å². The van der Waals surface area contributed by atoms with Gasteiger partial charge in [-0.25, -0.2) is 18.9 Å². The summed E-state index contributed by atoms with van der Waals surface area (Å²) in [6.45, 7) is 3.32. The zero-order chi connectivity index (χ0) is 22.3. The van der Waals surface area contributed by atoms with Crippen molar-refractivity contribution >= 4 is 21.4 Å². The van der Waals surface area contributed by atoms with Crippen LogP contribution in [0.5, 0.6) is 0 Å². The van der Waals surface area contributed by atoms with Gasteiger partial charge in [0.2, 0.25) is 11.9 Å². The zero-order valence-corrected chi connectivity index (χ0v) is 18.0. The van der Waals surface area contributed by atoms with Crippen molar-refractivity contribution in [3.05, 3.63) is 86.8 Å². The van der Waals surface area contributed by atoms with Gasteiger partial charge in [0.25, 0.3) is 0 Å². The third kappa shape index (κ3) is 3.64. The van der Waals surface area contributed by atoms with Crippen LogP contribution in [-0.4, -0.2) is 37.1 Å². The molecule has 0 aliphatic carbocycles. The highest BCUT2D eigenvalue weighted by Gasteiger charge is 2.52. The molecule has 0 spiro atoms. The van der Waals surface area contributed by atoms with E-state index in [0.29, 0.717) is 11.3 Å². The Morgan fingerprint density at radius 1 is 1.10 bits per heavy atom. The van der Waals surface area contributed by atoms with Crippen LogP contribution in [0.3, 0.4) is 0 Å². The fourth-order valence-corrected chi connectivity index (χ4v) is 6.86. The molecule has 1 fully saturated rings. The van der Waals surface area contributed by atoms with E-state index in [-0.39, 0.29) is 22.4 Å². The third-order valence-corrected chi connectivity index (χ3v) is 8.05. The van der Waals surface area contributed by atoms with Crippen molar-refractivity contribution in [2.75, 3.05) is 10.8 Å². The minimum atomic E-state index is -3.90. The number of hydrogen-bond acceptors (Lipinski definition) is 6. The van der Waals surface area contributed by atoms with Gasteiger partial charge in [-0.05, 0) is 31.5 Å². The van der Waals surface area contributed by atoms with Gasteiger partial charge >= 0.3 is 0 Å². The number of amides is 1. The molecule has 162 valence electrons. The molecule has 2 aliphatic heterocycles. The molecule has 0 radical (unpaired) electrons. The summed E-state index contributed by atoms with van der Waals surface area (Å²) in [7, 11) is -3.90. The lowest BCUT2D eigenvalue weighted by molar-refractivity contribution is -0.505. The number of allylic oxidation sites excluding steroid dienone is 1. The molecule has 2 aliphatic rings. The maximum Gasteiger partial charge on any atom is 0.249 e. The first-order chi connectivity index (χ1) is 14.7. The van der Waals surface area contributed by atoms with Crippen LogP contribution in [0.15, 0.2) is 71.1 Å². The molecule has 4 atom stereocenters. The van der Waals surface area contributed by atoms with Crippen molar-refractivity contribution in [2.45, 2.75) is 31.8 Å². The second kappa shape index (κ2) is 7.90. The van der Waals surface area contributed by atoms with Crippen LogP contribution in [0.25, 0.3) is 0 Å². The van der Waals surface area contributed by atoms with Gasteiger partial charge in [0, 0.05) is 22.5 Å². The van der Waals surface area contributed by atoms with E-state index in [0.717, 1.165) is 0 Å². The minimum absolute atomic E-state index is 0.00214. The molecule has 0 saturated carbocycles. The van der Waals surface area contributed by atoms with Crippen LogP contribution in [0.4, 0.5) is 5.69 Å². The van der Waals surface area contributed by atoms with Gasteiger partial charge in [-0.2, -0.15) is 0 Å². The second-order valence-corrected chi connectivity index (χ2v) is 9.97. The Morgan fingerprint density at radius 2 is 1.68 bits per heavy atom. The van der Waals surface area contributed by atoms with Gasteiger partial charge in [0.1, 0.15) is 5.75 Å². The molecule has 1 saturated heterocycles. The molecule has 31 heavy (non-hydrogen) atoms. The number of sulfone groups is 1. The number of carbonyl (C=O) groups excluding carboxylic acids is 1. The highest BCUT2D eigenvalue weighted by Crippen LogP contribution is 2.45. The summed E-state index contributed by atoms with van der Waals surface area (Å²) in [5, 5.41) is 12.9. The fraction of sp³-hybridized carbons (Fsp3) is 0.318. The van der Waals surface area contributed by atoms with E-state index in [9.17, 15) is 23.3 Å². The maximum absolute atomic E-state index is 13.5. The van der Waals surface area contributed by atoms with Crippen LogP contribution in [0.1, 0.15) is 25.3 Å². The lowest BCUT2D eigenvalue weighted by atomic mass is 9.80. The molecule has 4 rings (SSSR count). The van der Waals surface area contributed by atoms with Crippen molar-refractivity contribution in [1.82, 2.24) is 5.43 Å². The monoisotopic (exact) mass is 441 g/mol. The summed E-state index contributed by atoms with van der Waals surface area (Å²) >= 11 is 0. The van der Waals surface area contributed by atoms with Crippen molar-refractivity contribution in [3.63, 3.8) is 0 Å². The summed E-state index contributed by atoms with van der Waals surface area (Å²) in [4.78, 5) is 24.5. The number of nitro groups is 1. The van der Waals surface area contributed by atoms with Gasteiger partial charge in [-0.3, -0.25) is 14.9 Å². The maximum atomic E-state index is 13.5. The second-order valence-electron chi connectivity index (χ2n) is 7.97. The average molecular weight is 442 g/mol. The van der Waals surface area contributed by atoms with Gasteiger partial charge in [-0.15, -0.1) is 0 Å². The predicted octanol–water partition coefficient (Wildman–Crippen LogP) is 2.67. The topological polar surface area (TPSA) is 110 Å². The standard InChI is InChI=1S/C22H23N3O5S/c1-14-18(25(27)28)13-31(29,30)21(14)20(16-9-5-3-6-10-16)19-15(2)23-24(22(19)26)17-11-7-4-8-12-17/h3-12,15,18-20,23H,13H2,1-2H3/t15-,18-,19-,20-/m1/s1. The Kier molecular flexibility index (Phi) is 5.40. The van der Waals surface area contributed by atoms with E-state index >= 15 is 0 Å². The SMILES string of the molecule is CC1=C([C@H](c2ccccc2)[C@@H]2C(=O)N(c3ccccc3)N[C@@H]2C)S(=O)(=O)C[C@H]1[N+](=O)[O-]. The Labute approximate surface area is 180 Å². The molecule has 9 heteroatoms. The van der Waals surface area contributed by atoms with Gasteiger partial charge in [0.15, 0.2) is 9.84 Å². The summed E-state index contributed by atoms with van der Waals surface area (Å²) in [5.74, 6) is -2.41. The summed E-state index contributed by atoms with van der Waals surface area (Å²) < 4.78 is 26.2. The normalized spacial score (nSPS) is 26.3. The van der Waals surface area contributed by atoms with E-state index in [4.69, 9.17) is 0 Å². The number of para-hydroxylation sites is 1. The Bertz CT molecular complexity index is 1150. The average Bonchev–Trinajstić information content (AvgIpc) is 3.17. The Hall–Kier alpha value is -3.04. The molecule has 8 nitrogen and oxygen atoms in total. The van der Waals surface area contributed by atoms with Crippen LogP contribution in [-0.2, 0) is 14.6 Å². The number of carbonyl (C=O) groups is 1. The van der Waals surface area contributed by atoms with Crippen LogP contribution in [0, 0.1) is 16.0 Å². The first-order valence-electron chi connectivity index (χ1n) is 9.99. The van der Waals surface area contributed by atoms with Crippen molar-refractivity contribution < 1.29 is 18.1 Å². The quantitative estimate of drug-likeness (QED) is 0.564. The summed E-state index contributed by atoms with van der Waals surface area (Å²) in [6.07, 6.45) is 0. The molecule has 0 bridgehead atoms. The first-order valence-corrected chi connectivity index (χ1v) is 11.6. The molecule has 0 aromatic heterocycles.